The molecule has 1 unspecified atom stereocenters. The predicted molar refractivity (Wildman–Crippen MR) is 79.8 cm³/mol. The number of alkyl halides is 1. The molecule has 0 saturated heterocycles. The fraction of sp³-hybridized carbons (Fsp3) is 0.500. The molecular formula is C14H21ClN2O2. The highest BCUT2D eigenvalue weighted by molar-refractivity contribution is 6.18. The second kappa shape index (κ2) is 8.77. The first-order valence-electron chi connectivity index (χ1n) is 6.53. The highest BCUT2D eigenvalue weighted by Gasteiger charge is 2.04. The number of halogens is 1. The van der Waals surface area contributed by atoms with Crippen LogP contribution in [-0.2, 0) is 4.79 Å². The van der Waals surface area contributed by atoms with Gasteiger partial charge < -0.3 is 15.7 Å². The summed E-state index contributed by atoms with van der Waals surface area (Å²) in [7, 11) is 0. The summed E-state index contributed by atoms with van der Waals surface area (Å²) in [5, 5.41) is 15.3. The minimum atomic E-state index is -0.579. The van der Waals surface area contributed by atoms with Crippen LogP contribution in [-0.4, -0.2) is 29.5 Å². The number of hydrogen-bond donors (Lipinski definition) is 3. The number of carbonyl (C=O) groups excluding carboxylic acids is 1. The zero-order valence-corrected chi connectivity index (χ0v) is 11.9. The van der Waals surface area contributed by atoms with E-state index in [4.69, 9.17) is 11.6 Å². The Bertz CT molecular complexity index is 399. The van der Waals surface area contributed by atoms with Crippen molar-refractivity contribution in [3.63, 3.8) is 0 Å². The molecule has 0 bridgehead atoms. The van der Waals surface area contributed by atoms with E-state index in [1.165, 1.54) is 0 Å². The van der Waals surface area contributed by atoms with Crippen LogP contribution in [0, 0.1) is 0 Å². The van der Waals surface area contributed by atoms with Crippen molar-refractivity contribution in [1.82, 2.24) is 0 Å². The van der Waals surface area contributed by atoms with Crippen LogP contribution in [0.3, 0.4) is 0 Å². The fourth-order valence-corrected chi connectivity index (χ4v) is 1.67. The van der Waals surface area contributed by atoms with E-state index in [1.54, 1.807) is 0 Å². The minimum Gasteiger partial charge on any atom is -0.390 e. The maximum absolute atomic E-state index is 11.6. The Labute approximate surface area is 119 Å². The number of aliphatic hydroxyl groups is 1. The zero-order valence-electron chi connectivity index (χ0n) is 11.2. The number of hydrogen-bond acceptors (Lipinski definition) is 3. The van der Waals surface area contributed by atoms with Crippen molar-refractivity contribution >= 4 is 28.9 Å². The monoisotopic (exact) mass is 284 g/mol. The van der Waals surface area contributed by atoms with Gasteiger partial charge >= 0.3 is 0 Å². The molecule has 106 valence electrons. The lowest BCUT2D eigenvalue weighted by Crippen LogP contribution is -2.20. The summed E-state index contributed by atoms with van der Waals surface area (Å²) in [5.41, 5.74) is 1.60. The molecule has 3 N–H and O–H groups in total. The molecule has 1 amide bonds. The SMILES string of the molecule is CCCCC(=O)Nc1cccc(NCC(O)CCl)c1. The van der Waals surface area contributed by atoms with Crippen LogP contribution in [0.1, 0.15) is 26.2 Å². The lowest BCUT2D eigenvalue weighted by molar-refractivity contribution is -0.116. The van der Waals surface area contributed by atoms with E-state index in [1.807, 2.05) is 24.3 Å². The molecule has 1 aromatic rings. The zero-order chi connectivity index (χ0) is 14.1. The summed E-state index contributed by atoms with van der Waals surface area (Å²) in [6.07, 6.45) is 1.86. The van der Waals surface area contributed by atoms with Crippen LogP contribution in [0.5, 0.6) is 0 Å². The molecule has 1 atom stereocenters. The largest absolute Gasteiger partial charge is 0.390 e. The summed E-state index contributed by atoms with van der Waals surface area (Å²) < 4.78 is 0. The van der Waals surface area contributed by atoms with Crippen LogP contribution in [0.25, 0.3) is 0 Å². The van der Waals surface area contributed by atoms with Crippen molar-refractivity contribution in [2.24, 2.45) is 0 Å². The van der Waals surface area contributed by atoms with Gasteiger partial charge in [0.15, 0.2) is 0 Å². The van der Waals surface area contributed by atoms with Gasteiger partial charge in [-0.2, -0.15) is 0 Å². The quantitative estimate of drug-likeness (QED) is 0.643. The number of anilines is 2. The maximum Gasteiger partial charge on any atom is 0.224 e. The molecule has 1 aromatic carbocycles. The molecule has 0 aromatic heterocycles. The van der Waals surface area contributed by atoms with Gasteiger partial charge in [-0.05, 0) is 24.6 Å². The highest BCUT2D eigenvalue weighted by Crippen LogP contribution is 2.15. The third-order valence-electron chi connectivity index (χ3n) is 2.62. The maximum atomic E-state index is 11.6. The van der Waals surface area contributed by atoms with Crippen molar-refractivity contribution in [1.29, 1.82) is 0 Å². The smallest absolute Gasteiger partial charge is 0.224 e. The molecule has 19 heavy (non-hydrogen) atoms. The molecule has 0 aliphatic heterocycles. The summed E-state index contributed by atoms with van der Waals surface area (Å²) in [6, 6.07) is 7.41. The first-order chi connectivity index (χ1) is 9.15. The van der Waals surface area contributed by atoms with Crippen molar-refractivity contribution < 1.29 is 9.90 Å². The molecule has 0 fully saturated rings. The topological polar surface area (TPSA) is 61.4 Å². The number of amides is 1. The second-order valence-electron chi connectivity index (χ2n) is 4.42. The van der Waals surface area contributed by atoms with Crippen molar-refractivity contribution in [3.8, 4) is 0 Å². The molecule has 0 aliphatic rings. The molecular weight excluding hydrogens is 264 g/mol. The normalized spacial score (nSPS) is 11.9. The molecule has 5 heteroatoms. The number of rotatable bonds is 8. The molecule has 0 saturated carbocycles. The number of nitrogens with one attached hydrogen (secondary N) is 2. The van der Waals surface area contributed by atoms with Crippen LogP contribution in [0.15, 0.2) is 24.3 Å². The Morgan fingerprint density at radius 3 is 2.84 bits per heavy atom. The number of carbonyl (C=O) groups is 1. The van der Waals surface area contributed by atoms with Gasteiger partial charge in [-0.25, -0.2) is 0 Å². The van der Waals surface area contributed by atoms with E-state index in [9.17, 15) is 9.90 Å². The van der Waals surface area contributed by atoms with Crippen LogP contribution in [0.4, 0.5) is 11.4 Å². The van der Waals surface area contributed by atoms with E-state index in [0.717, 1.165) is 24.2 Å². The molecule has 0 heterocycles. The van der Waals surface area contributed by atoms with Gasteiger partial charge in [0.05, 0.1) is 12.0 Å². The number of unbranched alkanes of at least 4 members (excludes halogenated alkanes) is 1. The van der Waals surface area contributed by atoms with Gasteiger partial charge in [0.1, 0.15) is 0 Å². The Kier molecular flexibility index (Phi) is 7.30. The van der Waals surface area contributed by atoms with Crippen molar-refractivity contribution in [2.75, 3.05) is 23.1 Å². The Morgan fingerprint density at radius 2 is 2.16 bits per heavy atom. The van der Waals surface area contributed by atoms with Crippen molar-refractivity contribution in [3.05, 3.63) is 24.3 Å². The summed E-state index contributed by atoms with van der Waals surface area (Å²) in [4.78, 5) is 11.6. The van der Waals surface area contributed by atoms with Gasteiger partial charge in [0.25, 0.3) is 0 Å². The summed E-state index contributed by atoms with van der Waals surface area (Å²) in [5.74, 6) is 0.222. The average molecular weight is 285 g/mol. The second-order valence-corrected chi connectivity index (χ2v) is 4.73. The van der Waals surface area contributed by atoms with Gasteiger partial charge in [-0.15, -0.1) is 11.6 Å². The standard InChI is InChI=1S/C14H21ClN2O2/c1-2-3-7-14(19)17-12-6-4-5-11(8-12)16-10-13(18)9-15/h4-6,8,13,16,18H,2-3,7,9-10H2,1H3,(H,17,19). The van der Waals surface area contributed by atoms with E-state index in [0.29, 0.717) is 13.0 Å². The molecule has 4 nitrogen and oxygen atoms in total. The Balaban J connectivity index is 2.49. The third-order valence-corrected chi connectivity index (χ3v) is 2.98. The Hall–Kier alpha value is -1.26. The highest BCUT2D eigenvalue weighted by atomic mass is 35.5. The average Bonchev–Trinajstić information content (AvgIpc) is 2.43. The minimum absolute atomic E-state index is 0.0276. The lowest BCUT2D eigenvalue weighted by Gasteiger charge is -2.11. The fourth-order valence-electron chi connectivity index (χ4n) is 1.56. The van der Waals surface area contributed by atoms with Gasteiger partial charge in [0, 0.05) is 24.3 Å². The van der Waals surface area contributed by atoms with Crippen LogP contribution in [0.2, 0.25) is 0 Å². The molecule has 0 aliphatic carbocycles. The summed E-state index contributed by atoms with van der Waals surface area (Å²) >= 11 is 5.52. The molecule has 0 spiro atoms. The van der Waals surface area contributed by atoms with Crippen molar-refractivity contribution in [2.45, 2.75) is 32.3 Å². The van der Waals surface area contributed by atoms with E-state index < -0.39 is 6.10 Å². The van der Waals surface area contributed by atoms with Crippen LogP contribution >= 0.6 is 11.6 Å². The first kappa shape index (κ1) is 15.8. The summed E-state index contributed by atoms with van der Waals surface area (Å²) in [6.45, 7) is 2.44. The molecule has 0 radical (unpaired) electrons. The van der Waals surface area contributed by atoms with E-state index in [-0.39, 0.29) is 11.8 Å². The van der Waals surface area contributed by atoms with Gasteiger partial charge in [-0.1, -0.05) is 19.4 Å². The Morgan fingerprint density at radius 1 is 1.42 bits per heavy atom. The third kappa shape index (κ3) is 6.45. The van der Waals surface area contributed by atoms with E-state index in [2.05, 4.69) is 17.6 Å². The first-order valence-corrected chi connectivity index (χ1v) is 7.07. The number of benzene rings is 1. The van der Waals surface area contributed by atoms with Gasteiger partial charge in [0.2, 0.25) is 5.91 Å². The number of aliphatic hydroxyl groups excluding tert-OH is 1. The molecule has 1 rings (SSSR count). The van der Waals surface area contributed by atoms with E-state index >= 15 is 0 Å². The van der Waals surface area contributed by atoms with Gasteiger partial charge in [-0.3, -0.25) is 4.79 Å². The predicted octanol–water partition coefficient (Wildman–Crippen LogP) is 2.83. The lowest BCUT2D eigenvalue weighted by atomic mass is 10.2. The van der Waals surface area contributed by atoms with Crippen LogP contribution < -0.4 is 10.6 Å².